The van der Waals surface area contributed by atoms with Crippen molar-refractivity contribution in [1.82, 2.24) is 4.98 Å². The number of benzene rings is 2. The van der Waals surface area contributed by atoms with Crippen LogP contribution in [-0.4, -0.2) is 35.7 Å². The number of Topliss-reactive ketones (excluding diaryl/α,β-unsaturated/α-hetero) is 1. The highest BCUT2D eigenvalue weighted by molar-refractivity contribution is 5.96. The molecule has 1 aromatic heterocycles. The molecule has 3 N–H and O–H groups in total. The van der Waals surface area contributed by atoms with Crippen molar-refractivity contribution < 1.29 is 28.5 Å². The van der Waals surface area contributed by atoms with Gasteiger partial charge in [0, 0.05) is 23.1 Å². The number of hydrogen-bond donors (Lipinski definition) is 2. The number of hydrogen-bond acceptors (Lipinski definition) is 7. The first-order valence-corrected chi connectivity index (χ1v) is 12.4. The average molecular weight is 507 g/mol. The molecule has 2 atom stereocenters. The Kier molecular flexibility index (Phi) is 6.41. The van der Waals surface area contributed by atoms with E-state index in [4.69, 9.17) is 24.9 Å². The Morgan fingerprint density at radius 1 is 1.22 bits per heavy atom. The second kappa shape index (κ2) is 9.43. The van der Waals surface area contributed by atoms with E-state index in [0.717, 1.165) is 12.8 Å². The minimum atomic E-state index is -1.43. The second-order valence-corrected chi connectivity index (χ2v) is 10.3. The Morgan fingerprint density at radius 2 is 1.95 bits per heavy atom. The van der Waals surface area contributed by atoms with Crippen LogP contribution in [-0.2, 0) is 11.1 Å². The van der Waals surface area contributed by atoms with E-state index in [1.165, 1.54) is 12.1 Å². The highest BCUT2D eigenvalue weighted by atomic mass is 19.1. The van der Waals surface area contributed by atoms with Gasteiger partial charge in [0.05, 0.1) is 24.4 Å². The molecule has 0 bridgehead atoms. The van der Waals surface area contributed by atoms with Gasteiger partial charge < -0.3 is 25.1 Å². The SMILES string of the molecule is COc1cc(C(=O)CCC(C)(O)c2cc3c(c(-c4ccc(F)cc4)n2)OCC3(C)N)ccc1OC1CC1. The number of pyridine rings is 1. The number of nitrogens with two attached hydrogens (primary N) is 1. The highest BCUT2D eigenvalue weighted by Gasteiger charge is 2.38. The van der Waals surface area contributed by atoms with Crippen molar-refractivity contribution in [3.8, 4) is 28.5 Å². The summed E-state index contributed by atoms with van der Waals surface area (Å²) in [7, 11) is 1.54. The fourth-order valence-corrected chi connectivity index (χ4v) is 4.42. The Bertz CT molecular complexity index is 1330. The highest BCUT2D eigenvalue weighted by Crippen LogP contribution is 2.44. The summed E-state index contributed by atoms with van der Waals surface area (Å²) in [6, 6.07) is 12.8. The van der Waals surface area contributed by atoms with Crippen LogP contribution in [0.25, 0.3) is 11.3 Å². The molecule has 0 amide bonds. The first kappa shape index (κ1) is 25.2. The normalized spacial score (nSPS) is 20.1. The summed E-state index contributed by atoms with van der Waals surface area (Å²) in [6.07, 6.45) is 2.47. The third-order valence-corrected chi connectivity index (χ3v) is 6.92. The lowest BCUT2D eigenvalue weighted by molar-refractivity contribution is 0.0396. The van der Waals surface area contributed by atoms with Crippen LogP contribution < -0.4 is 19.9 Å². The number of aliphatic hydroxyl groups is 1. The summed E-state index contributed by atoms with van der Waals surface area (Å²) in [5, 5.41) is 11.4. The van der Waals surface area contributed by atoms with Gasteiger partial charge in [0.2, 0.25) is 0 Å². The molecule has 0 radical (unpaired) electrons. The molecule has 3 aromatic rings. The fourth-order valence-electron chi connectivity index (χ4n) is 4.42. The van der Waals surface area contributed by atoms with Crippen LogP contribution in [0.2, 0.25) is 0 Å². The van der Waals surface area contributed by atoms with Gasteiger partial charge in [0.1, 0.15) is 23.7 Å². The summed E-state index contributed by atoms with van der Waals surface area (Å²) < 4.78 is 30.7. The molecule has 8 heteroatoms. The van der Waals surface area contributed by atoms with Crippen molar-refractivity contribution in [2.75, 3.05) is 13.7 Å². The molecule has 37 heavy (non-hydrogen) atoms. The van der Waals surface area contributed by atoms with Crippen LogP contribution in [0.15, 0.2) is 48.5 Å². The zero-order chi connectivity index (χ0) is 26.4. The Balaban J connectivity index is 1.40. The third-order valence-electron chi connectivity index (χ3n) is 6.92. The number of methoxy groups -OCH3 is 1. The number of ketones is 1. The van der Waals surface area contributed by atoms with Gasteiger partial charge in [-0.25, -0.2) is 9.37 Å². The lowest BCUT2D eigenvalue weighted by atomic mass is 9.88. The number of carbonyl (C=O) groups excluding carboxylic acids is 1. The zero-order valence-corrected chi connectivity index (χ0v) is 21.2. The molecule has 194 valence electrons. The summed E-state index contributed by atoms with van der Waals surface area (Å²) >= 11 is 0. The second-order valence-electron chi connectivity index (χ2n) is 10.3. The van der Waals surface area contributed by atoms with Gasteiger partial charge in [-0.05, 0) is 81.6 Å². The van der Waals surface area contributed by atoms with E-state index >= 15 is 0 Å². The van der Waals surface area contributed by atoms with Crippen LogP contribution in [0.1, 0.15) is 61.1 Å². The topological polar surface area (TPSA) is 104 Å². The maximum absolute atomic E-state index is 13.6. The molecule has 1 aliphatic heterocycles. The van der Waals surface area contributed by atoms with E-state index in [9.17, 15) is 14.3 Å². The van der Waals surface area contributed by atoms with E-state index < -0.39 is 11.1 Å². The van der Waals surface area contributed by atoms with E-state index in [1.807, 2.05) is 6.92 Å². The third kappa shape index (κ3) is 5.17. The molecule has 2 aliphatic rings. The molecule has 2 heterocycles. The Labute approximate surface area is 215 Å². The van der Waals surface area contributed by atoms with Gasteiger partial charge >= 0.3 is 0 Å². The zero-order valence-electron chi connectivity index (χ0n) is 21.2. The number of rotatable bonds is 9. The van der Waals surface area contributed by atoms with Crippen molar-refractivity contribution in [2.45, 2.75) is 56.8 Å². The molecule has 0 saturated heterocycles. The molecular weight excluding hydrogens is 475 g/mol. The smallest absolute Gasteiger partial charge is 0.163 e. The molecule has 0 spiro atoms. The minimum Gasteiger partial charge on any atom is -0.493 e. The number of carbonyl (C=O) groups is 1. The number of aromatic nitrogens is 1. The first-order valence-electron chi connectivity index (χ1n) is 12.4. The maximum atomic E-state index is 13.6. The summed E-state index contributed by atoms with van der Waals surface area (Å²) in [5.74, 6) is 1.15. The number of halogens is 1. The van der Waals surface area contributed by atoms with E-state index in [0.29, 0.717) is 45.3 Å². The predicted octanol–water partition coefficient (Wildman–Crippen LogP) is 4.87. The lowest BCUT2D eigenvalue weighted by Gasteiger charge is -2.25. The summed E-state index contributed by atoms with van der Waals surface area (Å²) in [4.78, 5) is 17.7. The molecular formula is C29H31FN2O5. The quantitative estimate of drug-likeness (QED) is 0.399. The summed E-state index contributed by atoms with van der Waals surface area (Å²) in [5.41, 5.74) is 6.93. The lowest BCUT2D eigenvalue weighted by Crippen LogP contribution is -2.35. The standard InChI is InChI=1S/C29H31FN2O5/c1-28(31)16-36-27-21(28)15-25(32-26(27)17-4-7-19(30)8-5-17)29(2,34)13-12-22(33)18-6-11-23(24(14-18)35-3)37-20-9-10-20/h4-8,11,14-15,20,34H,9-10,12-13,16,31H2,1-3H3. The molecule has 7 nitrogen and oxygen atoms in total. The number of fused-ring (bicyclic) bond motifs is 1. The van der Waals surface area contributed by atoms with Gasteiger partial charge in [-0.2, -0.15) is 0 Å². The Hall–Kier alpha value is -3.49. The number of nitrogens with zero attached hydrogens (tertiary/aromatic N) is 1. The maximum Gasteiger partial charge on any atom is 0.163 e. The van der Waals surface area contributed by atoms with Crippen LogP contribution in [0, 0.1) is 5.82 Å². The van der Waals surface area contributed by atoms with Gasteiger partial charge in [-0.3, -0.25) is 4.79 Å². The van der Waals surface area contributed by atoms with Crippen molar-refractivity contribution in [3.63, 3.8) is 0 Å². The van der Waals surface area contributed by atoms with Crippen LogP contribution in [0.5, 0.6) is 17.2 Å². The van der Waals surface area contributed by atoms with Gasteiger partial charge in [0.25, 0.3) is 0 Å². The minimum absolute atomic E-state index is 0.0834. The Morgan fingerprint density at radius 3 is 2.62 bits per heavy atom. The van der Waals surface area contributed by atoms with E-state index in [1.54, 1.807) is 50.4 Å². The molecule has 1 fully saturated rings. The van der Waals surface area contributed by atoms with E-state index in [2.05, 4.69) is 0 Å². The van der Waals surface area contributed by atoms with Crippen molar-refractivity contribution in [2.24, 2.45) is 5.73 Å². The molecule has 1 aliphatic carbocycles. The van der Waals surface area contributed by atoms with E-state index in [-0.39, 0.29) is 37.2 Å². The monoisotopic (exact) mass is 506 g/mol. The van der Waals surface area contributed by atoms with Crippen LogP contribution in [0.3, 0.4) is 0 Å². The van der Waals surface area contributed by atoms with Gasteiger partial charge in [-0.15, -0.1) is 0 Å². The fraction of sp³-hybridized carbons (Fsp3) is 0.379. The molecule has 1 saturated carbocycles. The average Bonchev–Trinajstić information content (AvgIpc) is 3.64. The first-order chi connectivity index (χ1) is 17.6. The molecule has 2 unspecified atom stereocenters. The predicted molar refractivity (Wildman–Crippen MR) is 136 cm³/mol. The largest absolute Gasteiger partial charge is 0.493 e. The van der Waals surface area contributed by atoms with Crippen LogP contribution in [0.4, 0.5) is 4.39 Å². The summed E-state index contributed by atoms with van der Waals surface area (Å²) in [6.45, 7) is 3.73. The van der Waals surface area contributed by atoms with Crippen molar-refractivity contribution in [1.29, 1.82) is 0 Å². The van der Waals surface area contributed by atoms with Gasteiger partial charge in [-0.1, -0.05) is 0 Å². The van der Waals surface area contributed by atoms with Crippen molar-refractivity contribution in [3.05, 3.63) is 71.2 Å². The molecule has 5 rings (SSSR count). The molecule has 2 aromatic carbocycles. The van der Waals surface area contributed by atoms with Gasteiger partial charge in [0.15, 0.2) is 23.0 Å². The van der Waals surface area contributed by atoms with Crippen molar-refractivity contribution >= 4 is 5.78 Å². The van der Waals surface area contributed by atoms with Crippen LogP contribution >= 0.6 is 0 Å². The number of ether oxygens (including phenoxy) is 3.